The summed E-state index contributed by atoms with van der Waals surface area (Å²) in [5.74, 6) is -0.0595. The second kappa shape index (κ2) is 8.40. The third-order valence-corrected chi connectivity index (χ3v) is 3.06. The van der Waals surface area contributed by atoms with Crippen LogP contribution in [0.25, 0.3) is 11.1 Å². The van der Waals surface area contributed by atoms with E-state index in [0.29, 0.717) is 6.42 Å². The van der Waals surface area contributed by atoms with Crippen LogP contribution in [0.1, 0.15) is 65.5 Å². The molecule has 152 valence electrons. The molecule has 2 N–H and O–H groups in total. The van der Waals surface area contributed by atoms with Gasteiger partial charge in [0.15, 0.2) is 0 Å². The third-order valence-electron chi connectivity index (χ3n) is 3.06. The number of alkyl halides is 3. The molecule has 0 saturated carbocycles. The molecule has 11 heteroatoms. The van der Waals surface area contributed by atoms with E-state index < -0.39 is 46.3 Å². The average Bonchev–Trinajstić information content (AvgIpc) is 2.97. The highest BCUT2D eigenvalue weighted by Crippen LogP contribution is 2.32. The molecule has 1 unspecified atom stereocenters. The van der Waals surface area contributed by atoms with E-state index in [1.807, 2.05) is 13.8 Å². The zero-order chi connectivity index (χ0) is 21.0. The Morgan fingerprint density at radius 1 is 1.30 bits per heavy atom. The number of hydrogen-bond acceptors (Lipinski definition) is 6. The number of amides is 1. The SMILES string of the molecule is CC.CCC(NC(=O)OC(C)(C)C)c1nc2onc(C(F)(F)F)c2c(=O)[nH]1. The zero-order valence-corrected chi connectivity index (χ0v) is 15.9. The summed E-state index contributed by atoms with van der Waals surface area (Å²) in [6.07, 6.45) is -5.30. The number of alkyl carbamates (subject to hydrolysis) is 1. The molecule has 0 fully saturated rings. The number of halogens is 3. The van der Waals surface area contributed by atoms with Crippen molar-refractivity contribution in [1.82, 2.24) is 20.4 Å². The summed E-state index contributed by atoms with van der Waals surface area (Å²) in [5.41, 5.74) is -3.80. The first-order chi connectivity index (χ1) is 12.4. The van der Waals surface area contributed by atoms with Crippen molar-refractivity contribution in [3.05, 3.63) is 21.9 Å². The number of aromatic nitrogens is 3. The Labute approximate surface area is 153 Å². The van der Waals surface area contributed by atoms with Gasteiger partial charge in [-0.05, 0) is 27.2 Å². The van der Waals surface area contributed by atoms with Crippen molar-refractivity contribution in [3.8, 4) is 0 Å². The zero-order valence-electron chi connectivity index (χ0n) is 15.9. The van der Waals surface area contributed by atoms with Gasteiger partial charge in [0.2, 0.25) is 5.69 Å². The molecule has 0 spiro atoms. The van der Waals surface area contributed by atoms with Crippen molar-refractivity contribution >= 4 is 17.2 Å². The van der Waals surface area contributed by atoms with E-state index in [0.717, 1.165) is 0 Å². The fourth-order valence-corrected chi connectivity index (χ4v) is 2.05. The molecule has 1 amide bonds. The van der Waals surface area contributed by atoms with E-state index in [9.17, 15) is 22.8 Å². The number of aromatic amines is 1. The average molecular weight is 392 g/mol. The van der Waals surface area contributed by atoms with Crippen molar-refractivity contribution in [2.24, 2.45) is 0 Å². The molecule has 0 aromatic carbocycles. The Morgan fingerprint density at radius 3 is 2.37 bits per heavy atom. The number of nitrogens with zero attached hydrogens (tertiary/aromatic N) is 2. The normalized spacial score (nSPS) is 12.9. The van der Waals surface area contributed by atoms with Crippen molar-refractivity contribution < 1.29 is 27.2 Å². The van der Waals surface area contributed by atoms with Crippen LogP contribution in [0, 0.1) is 0 Å². The van der Waals surface area contributed by atoms with Gasteiger partial charge in [0, 0.05) is 0 Å². The molecule has 2 rings (SSSR count). The Hall–Kier alpha value is -2.59. The van der Waals surface area contributed by atoms with Crippen LogP contribution in [0.3, 0.4) is 0 Å². The number of H-pyrrole nitrogens is 1. The van der Waals surface area contributed by atoms with Gasteiger partial charge in [-0.15, -0.1) is 0 Å². The monoisotopic (exact) mass is 392 g/mol. The van der Waals surface area contributed by atoms with Crippen molar-refractivity contribution in [2.45, 2.75) is 65.8 Å². The van der Waals surface area contributed by atoms with Crippen LogP contribution in [0.15, 0.2) is 9.32 Å². The molecule has 8 nitrogen and oxygen atoms in total. The van der Waals surface area contributed by atoms with E-state index in [4.69, 9.17) is 4.74 Å². The number of carbonyl (C=O) groups excluding carboxylic acids is 1. The summed E-state index contributed by atoms with van der Waals surface area (Å²) in [6, 6.07) is -0.786. The van der Waals surface area contributed by atoms with Crippen molar-refractivity contribution in [2.75, 3.05) is 0 Å². The van der Waals surface area contributed by atoms with Crippen LogP contribution in [0.2, 0.25) is 0 Å². The smallest absolute Gasteiger partial charge is 0.437 e. The Morgan fingerprint density at radius 2 is 1.89 bits per heavy atom. The molecule has 2 aromatic rings. The van der Waals surface area contributed by atoms with Gasteiger partial charge >= 0.3 is 12.3 Å². The predicted molar refractivity (Wildman–Crippen MR) is 91.2 cm³/mol. The van der Waals surface area contributed by atoms with Crippen LogP contribution >= 0.6 is 0 Å². The minimum Gasteiger partial charge on any atom is -0.444 e. The van der Waals surface area contributed by atoms with Gasteiger partial charge in [0.1, 0.15) is 16.8 Å². The molecule has 2 aromatic heterocycles. The van der Waals surface area contributed by atoms with Gasteiger partial charge in [-0.3, -0.25) is 4.79 Å². The maximum atomic E-state index is 12.8. The number of nitrogens with one attached hydrogen (secondary N) is 2. The highest BCUT2D eigenvalue weighted by atomic mass is 19.4. The fourth-order valence-electron chi connectivity index (χ4n) is 2.05. The van der Waals surface area contributed by atoms with Gasteiger partial charge in [0.25, 0.3) is 11.3 Å². The first-order valence-electron chi connectivity index (χ1n) is 8.38. The Kier molecular flexibility index (Phi) is 6.99. The first-order valence-corrected chi connectivity index (χ1v) is 8.38. The molecule has 1 atom stereocenters. The van der Waals surface area contributed by atoms with E-state index in [-0.39, 0.29) is 5.82 Å². The first kappa shape index (κ1) is 22.5. The number of fused-ring (bicyclic) bond motifs is 1. The molecular formula is C16H23F3N4O4. The molecule has 0 saturated heterocycles. The van der Waals surface area contributed by atoms with Gasteiger partial charge in [-0.1, -0.05) is 25.9 Å². The lowest BCUT2D eigenvalue weighted by Crippen LogP contribution is -2.36. The largest absolute Gasteiger partial charge is 0.444 e. The summed E-state index contributed by atoms with van der Waals surface area (Å²) in [4.78, 5) is 29.9. The molecule has 0 radical (unpaired) electrons. The van der Waals surface area contributed by atoms with E-state index in [1.165, 1.54) is 0 Å². The van der Waals surface area contributed by atoms with Gasteiger partial charge in [-0.25, -0.2) is 4.79 Å². The molecule has 2 heterocycles. The standard InChI is InChI=1S/C14H17F3N4O4.C2H6/c1-5-6(18-12(23)24-13(2,3)4)9-19-10(22)7-8(14(15,16)17)21-25-11(7)20-9;1-2/h6H,5H2,1-4H3,(H,18,23)(H,19,20,22);1-2H3. The van der Waals surface area contributed by atoms with Crippen LogP contribution < -0.4 is 10.9 Å². The van der Waals surface area contributed by atoms with E-state index >= 15 is 0 Å². The number of hydrogen-bond donors (Lipinski definition) is 2. The molecule has 0 bridgehead atoms. The van der Waals surface area contributed by atoms with Crippen molar-refractivity contribution in [3.63, 3.8) is 0 Å². The summed E-state index contributed by atoms with van der Waals surface area (Å²) in [6.45, 7) is 10.7. The highest BCUT2D eigenvalue weighted by molar-refractivity contribution is 5.75. The number of ether oxygens (including phenoxy) is 1. The predicted octanol–water partition coefficient (Wildman–Crippen LogP) is 3.93. The van der Waals surface area contributed by atoms with Crippen LogP contribution in [-0.2, 0) is 10.9 Å². The maximum absolute atomic E-state index is 12.8. The van der Waals surface area contributed by atoms with Crippen molar-refractivity contribution in [1.29, 1.82) is 0 Å². The topological polar surface area (TPSA) is 110 Å². The highest BCUT2D eigenvalue weighted by Gasteiger charge is 2.39. The maximum Gasteiger partial charge on any atom is 0.437 e. The summed E-state index contributed by atoms with van der Waals surface area (Å²) >= 11 is 0. The Bertz CT molecular complexity index is 837. The van der Waals surface area contributed by atoms with Crippen LogP contribution in [0.5, 0.6) is 0 Å². The summed E-state index contributed by atoms with van der Waals surface area (Å²) < 4.78 is 48.1. The molecule has 0 aliphatic carbocycles. The third kappa shape index (κ3) is 5.69. The minimum absolute atomic E-state index is 0.0595. The molecule has 0 aliphatic rings. The molecule has 0 aliphatic heterocycles. The van der Waals surface area contributed by atoms with E-state index in [2.05, 4.69) is 25.0 Å². The van der Waals surface area contributed by atoms with Gasteiger partial charge in [-0.2, -0.15) is 18.2 Å². The Balaban J connectivity index is 0.00000176. The lowest BCUT2D eigenvalue weighted by molar-refractivity contribution is -0.141. The second-order valence-corrected chi connectivity index (χ2v) is 6.27. The fraction of sp³-hybridized carbons (Fsp3) is 0.625. The van der Waals surface area contributed by atoms with E-state index in [1.54, 1.807) is 27.7 Å². The van der Waals surface area contributed by atoms with Gasteiger partial charge in [0.05, 0.1) is 6.04 Å². The van der Waals surface area contributed by atoms with Crippen LogP contribution in [0.4, 0.5) is 18.0 Å². The molecular weight excluding hydrogens is 369 g/mol. The van der Waals surface area contributed by atoms with Gasteiger partial charge < -0.3 is 19.6 Å². The second-order valence-electron chi connectivity index (χ2n) is 6.27. The lowest BCUT2D eigenvalue weighted by Gasteiger charge is -2.22. The minimum atomic E-state index is -4.85. The summed E-state index contributed by atoms with van der Waals surface area (Å²) in [7, 11) is 0. The van der Waals surface area contributed by atoms with Crippen LogP contribution in [-0.4, -0.2) is 26.8 Å². The summed E-state index contributed by atoms with van der Waals surface area (Å²) in [5, 5.41) is 4.57. The number of carbonyl (C=O) groups is 1. The lowest BCUT2D eigenvalue weighted by atomic mass is 10.2. The molecule has 27 heavy (non-hydrogen) atoms. The quantitative estimate of drug-likeness (QED) is 0.819. The number of rotatable bonds is 3.